The lowest BCUT2D eigenvalue weighted by Crippen LogP contribution is -2.41. The van der Waals surface area contributed by atoms with Crippen molar-refractivity contribution in [1.29, 1.82) is 0 Å². The summed E-state index contributed by atoms with van der Waals surface area (Å²) in [6.45, 7) is 7.43. The Morgan fingerprint density at radius 3 is 2.06 bits per heavy atom. The molecule has 0 radical (unpaired) electrons. The van der Waals surface area contributed by atoms with Crippen molar-refractivity contribution in [1.82, 2.24) is 0 Å². The lowest BCUT2D eigenvalue weighted by Gasteiger charge is -2.32. The molecule has 1 heterocycles. The summed E-state index contributed by atoms with van der Waals surface area (Å²) in [6, 6.07) is 1.87. The quantitative estimate of drug-likeness (QED) is 0.579. The Balaban J connectivity index is 2.41. The highest BCUT2D eigenvalue weighted by molar-refractivity contribution is 6.65. The zero-order chi connectivity index (χ0) is 13.7. The predicted octanol–water partition coefficient (Wildman–Crippen LogP) is 2.92. The van der Waals surface area contributed by atoms with Crippen LogP contribution in [0.3, 0.4) is 0 Å². The summed E-state index contributed by atoms with van der Waals surface area (Å²) in [5.41, 5.74) is -0.985. The van der Waals surface area contributed by atoms with Gasteiger partial charge in [0.2, 0.25) is 0 Å². The van der Waals surface area contributed by atoms with Crippen LogP contribution in [0.4, 0.5) is 8.78 Å². The fraction of sp³-hybridized carbons (Fsp3) is 0.500. The summed E-state index contributed by atoms with van der Waals surface area (Å²) in [7, 11) is -0.868. The molecular formula is C12H14BClF2O2. The van der Waals surface area contributed by atoms with E-state index in [0.29, 0.717) is 0 Å². The van der Waals surface area contributed by atoms with Crippen LogP contribution in [0.25, 0.3) is 0 Å². The van der Waals surface area contributed by atoms with Gasteiger partial charge in [0.05, 0.1) is 16.2 Å². The van der Waals surface area contributed by atoms with Gasteiger partial charge in [-0.3, -0.25) is 0 Å². The predicted molar refractivity (Wildman–Crippen MR) is 67.1 cm³/mol. The third-order valence-corrected chi connectivity index (χ3v) is 3.93. The Morgan fingerprint density at radius 1 is 1.06 bits per heavy atom. The van der Waals surface area contributed by atoms with Gasteiger partial charge in [0, 0.05) is 11.5 Å². The molecule has 0 bridgehead atoms. The molecule has 0 amide bonds. The van der Waals surface area contributed by atoms with Crippen LogP contribution in [-0.4, -0.2) is 18.3 Å². The average Bonchev–Trinajstić information content (AvgIpc) is 2.42. The van der Waals surface area contributed by atoms with E-state index in [0.717, 1.165) is 12.1 Å². The van der Waals surface area contributed by atoms with Gasteiger partial charge in [-0.05, 0) is 33.8 Å². The van der Waals surface area contributed by atoms with Crippen LogP contribution >= 0.6 is 11.6 Å². The third-order valence-electron chi connectivity index (χ3n) is 3.53. The zero-order valence-electron chi connectivity index (χ0n) is 10.7. The summed E-state index contributed by atoms with van der Waals surface area (Å²) >= 11 is 5.83. The van der Waals surface area contributed by atoms with Gasteiger partial charge in [-0.15, -0.1) is 0 Å². The van der Waals surface area contributed by atoms with E-state index >= 15 is 0 Å². The van der Waals surface area contributed by atoms with Crippen molar-refractivity contribution in [3.05, 3.63) is 28.8 Å². The molecule has 2 nitrogen and oxygen atoms in total. The second-order valence-electron chi connectivity index (χ2n) is 5.38. The molecule has 0 spiro atoms. The highest BCUT2D eigenvalue weighted by Crippen LogP contribution is 2.37. The maximum atomic E-state index is 13.4. The van der Waals surface area contributed by atoms with Crippen LogP contribution in [0.5, 0.6) is 0 Å². The fourth-order valence-electron chi connectivity index (χ4n) is 1.72. The van der Waals surface area contributed by atoms with Gasteiger partial charge in [-0.25, -0.2) is 8.78 Å². The van der Waals surface area contributed by atoms with Crippen molar-refractivity contribution in [2.24, 2.45) is 0 Å². The number of rotatable bonds is 1. The lowest BCUT2D eigenvalue weighted by molar-refractivity contribution is 0.00578. The van der Waals surface area contributed by atoms with Gasteiger partial charge < -0.3 is 9.31 Å². The smallest absolute Gasteiger partial charge is 0.399 e. The molecule has 0 aromatic heterocycles. The van der Waals surface area contributed by atoms with Crippen molar-refractivity contribution in [3.8, 4) is 0 Å². The molecule has 0 saturated carbocycles. The first-order chi connectivity index (χ1) is 8.14. The third kappa shape index (κ3) is 2.15. The largest absolute Gasteiger partial charge is 0.496 e. The first-order valence-corrected chi connectivity index (χ1v) is 6.02. The monoisotopic (exact) mass is 274 g/mol. The summed E-state index contributed by atoms with van der Waals surface area (Å²) in [4.78, 5) is 0. The summed E-state index contributed by atoms with van der Waals surface area (Å²) in [6.07, 6.45) is 0. The summed E-state index contributed by atoms with van der Waals surface area (Å²) in [5, 5.41) is -0.171. The molecule has 0 N–H and O–H groups in total. The molecule has 1 aromatic carbocycles. The molecule has 1 aliphatic heterocycles. The molecule has 1 fully saturated rings. The Hall–Kier alpha value is -0.645. The molecule has 1 aliphatic rings. The molecule has 98 valence electrons. The van der Waals surface area contributed by atoms with E-state index in [-0.39, 0.29) is 10.5 Å². The Morgan fingerprint density at radius 2 is 1.56 bits per heavy atom. The minimum absolute atomic E-state index is 0.171. The second kappa shape index (κ2) is 4.18. The average molecular weight is 275 g/mol. The molecule has 1 saturated heterocycles. The van der Waals surface area contributed by atoms with Gasteiger partial charge in [0.25, 0.3) is 0 Å². The molecule has 18 heavy (non-hydrogen) atoms. The maximum Gasteiger partial charge on any atom is 0.496 e. The number of halogens is 3. The second-order valence-corrected chi connectivity index (χ2v) is 5.76. The molecule has 0 atom stereocenters. The van der Waals surface area contributed by atoms with Gasteiger partial charge in [-0.2, -0.15) is 0 Å². The number of benzene rings is 1. The number of hydrogen-bond acceptors (Lipinski definition) is 2. The molecule has 1 aromatic rings. The van der Waals surface area contributed by atoms with Crippen LogP contribution in [0.2, 0.25) is 5.02 Å². The van der Waals surface area contributed by atoms with Gasteiger partial charge >= 0.3 is 7.12 Å². The van der Waals surface area contributed by atoms with Crippen LogP contribution < -0.4 is 5.46 Å². The van der Waals surface area contributed by atoms with Crippen molar-refractivity contribution < 1.29 is 18.1 Å². The van der Waals surface area contributed by atoms with Gasteiger partial charge in [0.1, 0.15) is 11.6 Å². The maximum absolute atomic E-state index is 13.4. The van der Waals surface area contributed by atoms with Crippen molar-refractivity contribution in [2.45, 2.75) is 38.9 Å². The van der Waals surface area contributed by atoms with E-state index in [1.807, 2.05) is 27.7 Å². The molecule has 2 rings (SSSR count). The van der Waals surface area contributed by atoms with Crippen LogP contribution in [0.1, 0.15) is 27.7 Å². The van der Waals surface area contributed by atoms with E-state index < -0.39 is 30.0 Å². The molecule has 0 aliphatic carbocycles. The number of hydrogen-bond donors (Lipinski definition) is 0. The van der Waals surface area contributed by atoms with Crippen LogP contribution in [0.15, 0.2) is 12.1 Å². The summed E-state index contributed by atoms with van der Waals surface area (Å²) < 4.78 is 38.0. The lowest BCUT2D eigenvalue weighted by atomic mass is 9.79. The fourth-order valence-corrected chi connectivity index (χ4v) is 1.92. The topological polar surface area (TPSA) is 18.5 Å². The minimum Gasteiger partial charge on any atom is -0.399 e. The molecule has 0 unspecified atom stereocenters. The first kappa shape index (κ1) is 13.8. The standard InChI is InChI=1S/C12H14BClF2O2/c1-11(2)12(3,4)18-13(17-11)8-5-7(15)6-9(16)10(8)14/h5-6H,1-4H3. The Bertz CT molecular complexity index is 475. The SMILES string of the molecule is CC1(C)OB(c2cc(F)cc(F)c2Cl)OC1(C)C. The van der Waals surface area contributed by atoms with E-state index in [2.05, 4.69) is 0 Å². The summed E-state index contributed by atoms with van der Waals surface area (Å²) in [5.74, 6) is -1.53. The van der Waals surface area contributed by atoms with E-state index in [1.54, 1.807) is 0 Å². The normalized spacial score (nSPS) is 21.4. The van der Waals surface area contributed by atoms with Crippen molar-refractivity contribution in [3.63, 3.8) is 0 Å². The highest BCUT2D eigenvalue weighted by Gasteiger charge is 2.52. The molecule has 6 heteroatoms. The minimum atomic E-state index is -0.868. The first-order valence-electron chi connectivity index (χ1n) is 5.64. The highest BCUT2D eigenvalue weighted by atomic mass is 35.5. The van der Waals surface area contributed by atoms with E-state index in [1.165, 1.54) is 0 Å². The molecular weight excluding hydrogens is 260 g/mol. The van der Waals surface area contributed by atoms with Gasteiger partial charge in [0.15, 0.2) is 0 Å². The van der Waals surface area contributed by atoms with E-state index in [9.17, 15) is 8.78 Å². The van der Waals surface area contributed by atoms with Gasteiger partial charge in [-0.1, -0.05) is 11.6 Å². The van der Waals surface area contributed by atoms with Crippen LogP contribution in [0, 0.1) is 11.6 Å². The van der Waals surface area contributed by atoms with Crippen LogP contribution in [-0.2, 0) is 9.31 Å². The van der Waals surface area contributed by atoms with E-state index in [4.69, 9.17) is 20.9 Å². The Kier molecular flexibility index (Phi) is 3.20. The zero-order valence-corrected chi connectivity index (χ0v) is 11.4. The van der Waals surface area contributed by atoms with Crippen molar-refractivity contribution >= 4 is 24.2 Å². The Labute approximate surface area is 110 Å². The van der Waals surface area contributed by atoms with Crippen molar-refractivity contribution in [2.75, 3.05) is 0 Å².